The normalized spacial score (nSPS) is 10.7. The third-order valence-corrected chi connectivity index (χ3v) is 4.95. The Morgan fingerprint density at radius 3 is 2.56 bits per heavy atom. The zero-order chi connectivity index (χ0) is 18.2. The Labute approximate surface area is 153 Å². The van der Waals surface area contributed by atoms with Gasteiger partial charge in [0.05, 0.1) is 5.75 Å². The highest BCUT2D eigenvalue weighted by Gasteiger charge is 2.16. The summed E-state index contributed by atoms with van der Waals surface area (Å²) in [4.78, 5) is 14.0. The Bertz CT molecular complexity index is 698. The second-order valence-corrected chi connectivity index (χ2v) is 6.49. The zero-order valence-corrected chi connectivity index (χ0v) is 16.2. The minimum Gasteiger partial charge on any atom is -0.485 e. The second-order valence-electron chi connectivity index (χ2n) is 5.55. The minimum atomic E-state index is 0.123. The molecule has 1 aromatic carbocycles. The van der Waals surface area contributed by atoms with Gasteiger partial charge in [-0.2, -0.15) is 0 Å². The lowest BCUT2D eigenvalue weighted by Gasteiger charge is -2.18. The van der Waals surface area contributed by atoms with Crippen molar-refractivity contribution in [1.29, 1.82) is 0 Å². The number of ether oxygens (including phenoxy) is 1. The number of carbonyl (C=O) groups is 1. The van der Waals surface area contributed by atoms with Gasteiger partial charge in [0.15, 0.2) is 11.0 Å². The highest BCUT2D eigenvalue weighted by Crippen LogP contribution is 2.20. The molecule has 0 saturated carbocycles. The van der Waals surface area contributed by atoms with Crippen LogP contribution in [0.5, 0.6) is 5.75 Å². The molecule has 0 radical (unpaired) electrons. The number of benzene rings is 1. The summed E-state index contributed by atoms with van der Waals surface area (Å²) in [5, 5.41) is 9.22. The molecule has 2 rings (SSSR count). The molecule has 1 heterocycles. The summed E-state index contributed by atoms with van der Waals surface area (Å²) in [5.74, 6) is 2.11. The van der Waals surface area contributed by atoms with Crippen molar-refractivity contribution < 1.29 is 9.53 Å². The topological polar surface area (TPSA) is 60.3 Å². The summed E-state index contributed by atoms with van der Waals surface area (Å²) in [6, 6.07) is 7.89. The monoisotopic (exact) mass is 362 g/mol. The van der Waals surface area contributed by atoms with Gasteiger partial charge in [0, 0.05) is 19.6 Å². The summed E-state index contributed by atoms with van der Waals surface area (Å²) in [6.07, 6.45) is 0. The molecule has 2 aromatic rings. The van der Waals surface area contributed by atoms with Crippen LogP contribution in [0, 0.1) is 6.92 Å². The summed E-state index contributed by atoms with van der Waals surface area (Å²) >= 11 is 1.43. The molecule has 0 spiro atoms. The van der Waals surface area contributed by atoms with Gasteiger partial charge in [0.2, 0.25) is 5.91 Å². The Balaban J connectivity index is 2.00. The van der Waals surface area contributed by atoms with Crippen molar-refractivity contribution in [2.45, 2.75) is 46.0 Å². The van der Waals surface area contributed by atoms with Crippen LogP contribution in [0.1, 0.15) is 32.2 Å². The quantitative estimate of drug-likeness (QED) is 0.641. The number of hydrogen-bond acceptors (Lipinski definition) is 5. The van der Waals surface area contributed by atoms with Gasteiger partial charge in [0.1, 0.15) is 12.4 Å². The highest BCUT2D eigenvalue weighted by molar-refractivity contribution is 7.99. The molecular weight excluding hydrogens is 336 g/mol. The first kappa shape index (κ1) is 19.3. The number of aryl methyl sites for hydroxylation is 1. The molecule has 0 aliphatic carbocycles. The predicted molar refractivity (Wildman–Crippen MR) is 99.9 cm³/mol. The van der Waals surface area contributed by atoms with Crippen molar-refractivity contribution in [3.63, 3.8) is 0 Å². The van der Waals surface area contributed by atoms with E-state index in [2.05, 4.69) is 10.2 Å². The van der Waals surface area contributed by atoms with Crippen LogP contribution in [0.2, 0.25) is 0 Å². The molecule has 0 aliphatic heterocycles. The lowest BCUT2D eigenvalue weighted by atomic mass is 10.2. The molecule has 0 unspecified atom stereocenters. The standard InChI is InChI=1S/C18H26N4O2S/c1-5-21(6-2)17(23)13-25-18-20-19-16(22(18)7-3)12-24-15-11-9-8-10-14(15)4/h8-11H,5-7,12-13H2,1-4H3. The first-order valence-electron chi connectivity index (χ1n) is 8.61. The van der Waals surface area contributed by atoms with E-state index in [-0.39, 0.29) is 5.91 Å². The van der Waals surface area contributed by atoms with Crippen LogP contribution >= 0.6 is 11.8 Å². The molecule has 0 atom stereocenters. The molecule has 6 nitrogen and oxygen atoms in total. The van der Waals surface area contributed by atoms with Crippen molar-refractivity contribution in [1.82, 2.24) is 19.7 Å². The number of aromatic nitrogens is 3. The molecule has 0 bridgehead atoms. The third-order valence-electron chi connectivity index (χ3n) is 4.00. The lowest BCUT2D eigenvalue weighted by Crippen LogP contribution is -2.31. The average molecular weight is 362 g/mol. The van der Waals surface area contributed by atoms with E-state index in [1.807, 2.05) is 61.4 Å². The first-order chi connectivity index (χ1) is 12.1. The molecule has 1 amide bonds. The highest BCUT2D eigenvalue weighted by atomic mass is 32.2. The summed E-state index contributed by atoms with van der Waals surface area (Å²) in [7, 11) is 0. The Hall–Kier alpha value is -2.02. The number of thioether (sulfide) groups is 1. The van der Waals surface area contributed by atoms with Crippen LogP contribution in [-0.4, -0.2) is 44.4 Å². The fourth-order valence-corrected chi connectivity index (χ4v) is 3.43. The van der Waals surface area contributed by atoms with Gasteiger partial charge in [-0.1, -0.05) is 30.0 Å². The molecule has 0 fully saturated rings. The van der Waals surface area contributed by atoms with Gasteiger partial charge < -0.3 is 14.2 Å². The van der Waals surface area contributed by atoms with Crippen molar-refractivity contribution in [3.05, 3.63) is 35.7 Å². The number of rotatable bonds is 9. The summed E-state index contributed by atoms with van der Waals surface area (Å²) in [6.45, 7) is 10.6. The van der Waals surface area contributed by atoms with Gasteiger partial charge in [-0.15, -0.1) is 10.2 Å². The molecule has 1 aromatic heterocycles. The van der Waals surface area contributed by atoms with Crippen LogP contribution in [-0.2, 0) is 17.9 Å². The van der Waals surface area contributed by atoms with E-state index in [0.717, 1.165) is 41.9 Å². The molecule has 0 N–H and O–H groups in total. The number of para-hydroxylation sites is 1. The van der Waals surface area contributed by atoms with Crippen LogP contribution in [0.3, 0.4) is 0 Å². The van der Waals surface area contributed by atoms with E-state index >= 15 is 0 Å². The number of carbonyl (C=O) groups excluding carboxylic acids is 1. The Kier molecular flexibility index (Phi) is 7.31. The average Bonchev–Trinajstić information content (AvgIpc) is 3.02. The van der Waals surface area contributed by atoms with Crippen LogP contribution in [0.15, 0.2) is 29.4 Å². The van der Waals surface area contributed by atoms with Crippen LogP contribution in [0.25, 0.3) is 0 Å². The van der Waals surface area contributed by atoms with E-state index in [1.165, 1.54) is 11.8 Å². The van der Waals surface area contributed by atoms with Crippen molar-refractivity contribution in [3.8, 4) is 5.75 Å². The summed E-state index contributed by atoms with van der Waals surface area (Å²) < 4.78 is 7.87. The van der Waals surface area contributed by atoms with E-state index < -0.39 is 0 Å². The van der Waals surface area contributed by atoms with Gasteiger partial charge >= 0.3 is 0 Å². The second kappa shape index (κ2) is 9.46. The molecule has 7 heteroatoms. The number of hydrogen-bond donors (Lipinski definition) is 0. The molecule has 25 heavy (non-hydrogen) atoms. The maximum absolute atomic E-state index is 12.2. The van der Waals surface area contributed by atoms with Crippen molar-refractivity contribution in [2.75, 3.05) is 18.8 Å². The Morgan fingerprint density at radius 1 is 1.20 bits per heavy atom. The zero-order valence-electron chi connectivity index (χ0n) is 15.4. The van der Waals surface area contributed by atoms with Gasteiger partial charge in [0.25, 0.3) is 0 Å². The minimum absolute atomic E-state index is 0.123. The molecular formula is C18H26N4O2S. The largest absolute Gasteiger partial charge is 0.485 e. The van der Waals surface area contributed by atoms with E-state index in [4.69, 9.17) is 4.74 Å². The maximum Gasteiger partial charge on any atom is 0.233 e. The van der Waals surface area contributed by atoms with Crippen LogP contribution in [0.4, 0.5) is 0 Å². The van der Waals surface area contributed by atoms with Crippen LogP contribution < -0.4 is 4.74 Å². The molecule has 0 saturated heterocycles. The van der Waals surface area contributed by atoms with Gasteiger partial charge in [-0.25, -0.2) is 0 Å². The Morgan fingerprint density at radius 2 is 1.92 bits per heavy atom. The first-order valence-corrected chi connectivity index (χ1v) is 9.60. The SMILES string of the molecule is CCN(CC)C(=O)CSc1nnc(COc2ccccc2C)n1CC. The maximum atomic E-state index is 12.2. The lowest BCUT2D eigenvalue weighted by molar-refractivity contribution is -0.127. The van der Waals surface area contributed by atoms with E-state index in [0.29, 0.717) is 12.4 Å². The predicted octanol–water partition coefficient (Wildman–Crippen LogP) is 3.15. The van der Waals surface area contributed by atoms with Crippen molar-refractivity contribution in [2.24, 2.45) is 0 Å². The molecule has 0 aliphatic rings. The van der Waals surface area contributed by atoms with Gasteiger partial charge in [-0.3, -0.25) is 4.79 Å². The van der Waals surface area contributed by atoms with E-state index in [1.54, 1.807) is 0 Å². The smallest absolute Gasteiger partial charge is 0.233 e. The number of amides is 1. The fraction of sp³-hybridized carbons (Fsp3) is 0.500. The third kappa shape index (κ3) is 4.98. The van der Waals surface area contributed by atoms with E-state index in [9.17, 15) is 4.79 Å². The molecule has 136 valence electrons. The number of nitrogens with zero attached hydrogens (tertiary/aromatic N) is 4. The van der Waals surface area contributed by atoms with Gasteiger partial charge in [-0.05, 0) is 39.3 Å². The summed E-state index contributed by atoms with van der Waals surface area (Å²) in [5.41, 5.74) is 1.09. The fourth-order valence-electron chi connectivity index (χ4n) is 2.50. The van der Waals surface area contributed by atoms with Crippen molar-refractivity contribution >= 4 is 17.7 Å².